The molecule has 2 N–H and O–H groups in total. The van der Waals surface area contributed by atoms with Gasteiger partial charge in [-0.2, -0.15) is 0 Å². The monoisotopic (exact) mass is 358 g/mol. The molecule has 0 spiro atoms. The Morgan fingerprint density at radius 1 is 1.16 bits per heavy atom. The van der Waals surface area contributed by atoms with Crippen molar-refractivity contribution in [3.63, 3.8) is 0 Å². The van der Waals surface area contributed by atoms with Gasteiger partial charge in [0.05, 0.1) is 0 Å². The molecule has 1 fully saturated rings. The molecule has 0 saturated heterocycles. The van der Waals surface area contributed by atoms with Crippen molar-refractivity contribution in [2.24, 2.45) is 11.8 Å². The van der Waals surface area contributed by atoms with Crippen molar-refractivity contribution in [3.05, 3.63) is 29.8 Å². The van der Waals surface area contributed by atoms with E-state index in [1.54, 1.807) is 0 Å². The Bertz CT molecular complexity index is 766. The van der Waals surface area contributed by atoms with Crippen molar-refractivity contribution in [3.8, 4) is 10.6 Å². The van der Waals surface area contributed by atoms with Gasteiger partial charge in [0.2, 0.25) is 16.9 Å². The number of carbonyl (C=O) groups is 2. The molecule has 1 aliphatic carbocycles. The lowest BCUT2D eigenvalue weighted by molar-refractivity contribution is -0.128. The standard InChI is InChI=1S/C18H22N4O2S/c1-10(2)14(19-15(23)12-8-9-12)16(24)20-18-22-21-17(25-18)13-6-4-11(3)5-7-13/h4-7,10,12,14H,8-9H2,1-3H3,(H,19,23)(H,20,22,24). The molecule has 1 aromatic heterocycles. The molecule has 0 bridgehead atoms. The average molecular weight is 358 g/mol. The maximum absolute atomic E-state index is 12.5. The van der Waals surface area contributed by atoms with Crippen molar-refractivity contribution >= 4 is 28.3 Å². The minimum Gasteiger partial charge on any atom is -0.344 e. The van der Waals surface area contributed by atoms with E-state index in [4.69, 9.17) is 0 Å². The van der Waals surface area contributed by atoms with Crippen LogP contribution in [0, 0.1) is 18.8 Å². The maximum Gasteiger partial charge on any atom is 0.249 e. The number of carbonyl (C=O) groups excluding carboxylic acids is 2. The first-order chi connectivity index (χ1) is 11.9. The minimum atomic E-state index is -0.570. The Morgan fingerprint density at radius 3 is 2.44 bits per heavy atom. The second-order valence-corrected chi connectivity index (χ2v) is 7.75. The zero-order valence-electron chi connectivity index (χ0n) is 14.6. The first kappa shape index (κ1) is 17.5. The third kappa shape index (κ3) is 4.42. The van der Waals surface area contributed by atoms with Gasteiger partial charge in [0.1, 0.15) is 11.0 Å². The molecule has 6 nitrogen and oxygen atoms in total. The third-order valence-corrected chi connectivity index (χ3v) is 5.04. The van der Waals surface area contributed by atoms with Gasteiger partial charge in [0, 0.05) is 11.5 Å². The third-order valence-electron chi connectivity index (χ3n) is 4.15. The highest BCUT2D eigenvalue weighted by Gasteiger charge is 2.33. The fraction of sp³-hybridized carbons (Fsp3) is 0.444. The van der Waals surface area contributed by atoms with Gasteiger partial charge in [-0.15, -0.1) is 10.2 Å². The highest BCUT2D eigenvalue weighted by molar-refractivity contribution is 7.18. The van der Waals surface area contributed by atoms with E-state index in [9.17, 15) is 9.59 Å². The quantitative estimate of drug-likeness (QED) is 0.831. The first-order valence-corrected chi connectivity index (χ1v) is 9.27. The highest BCUT2D eigenvalue weighted by Crippen LogP contribution is 2.29. The summed E-state index contributed by atoms with van der Waals surface area (Å²) >= 11 is 1.32. The molecule has 1 aliphatic rings. The van der Waals surface area contributed by atoms with E-state index in [1.165, 1.54) is 16.9 Å². The number of rotatable bonds is 6. The van der Waals surface area contributed by atoms with Crippen LogP contribution >= 0.6 is 11.3 Å². The van der Waals surface area contributed by atoms with Crippen LogP contribution in [0.15, 0.2) is 24.3 Å². The summed E-state index contributed by atoms with van der Waals surface area (Å²) < 4.78 is 0. The van der Waals surface area contributed by atoms with E-state index in [2.05, 4.69) is 20.8 Å². The van der Waals surface area contributed by atoms with E-state index < -0.39 is 6.04 Å². The fourth-order valence-electron chi connectivity index (χ4n) is 2.42. The van der Waals surface area contributed by atoms with Crippen molar-refractivity contribution < 1.29 is 9.59 Å². The van der Waals surface area contributed by atoms with Crippen LogP contribution in [0.4, 0.5) is 5.13 Å². The number of aromatic nitrogens is 2. The predicted octanol–water partition coefficient (Wildman–Crippen LogP) is 3.00. The van der Waals surface area contributed by atoms with Crippen LogP contribution in [0.1, 0.15) is 32.3 Å². The maximum atomic E-state index is 12.5. The number of nitrogens with one attached hydrogen (secondary N) is 2. The van der Waals surface area contributed by atoms with E-state index in [0.29, 0.717) is 5.13 Å². The second kappa shape index (κ2) is 7.31. The van der Waals surface area contributed by atoms with Gasteiger partial charge in [0.15, 0.2) is 0 Å². The van der Waals surface area contributed by atoms with E-state index in [1.807, 2.05) is 45.0 Å². The van der Waals surface area contributed by atoms with Crippen molar-refractivity contribution in [2.75, 3.05) is 5.32 Å². The van der Waals surface area contributed by atoms with Gasteiger partial charge >= 0.3 is 0 Å². The lowest BCUT2D eigenvalue weighted by atomic mass is 10.0. The summed E-state index contributed by atoms with van der Waals surface area (Å²) in [6.45, 7) is 5.85. The molecule has 1 aromatic carbocycles. The zero-order valence-corrected chi connectivity index (χ0v) is 15.4. The van der Waals surface area contributed by atoms with E-state index >= 15 is 0 Å². The molecule has 7 heteroatoms. The molecule has 25 heavy (non-hydrogen) atoms. The lowest BCUT2D eigenvalue weighted by Gasteiger charge is -2.20. The number of amides is 2. The number of hydrogen-bond donors (Lipinski definition) is 2. The second-order valence-electron chi connectivity index (χ2n) is 6.77. The average Bonchev–Trinajstić information content (AvgIpc) is 3.33. The molecule has 0 radical (unpaired) electrons. The summed E-state index contributed by atoms with van der Waals surface area (Å²) in [4.78, 5) is 24.5. The van der Waals surface area contributed by atoms with Gasteiger partial charge in [-0.1, -0.05) is 55.0 Å². The van der Waals surface area contributed by atoms with Crippen molar-refractivity contribution in [1.29, 1.82) is 0 Å². The van der Waals surface area contributed by atoms with Gasteiger partial charge < -0.3 is 5.32 Å². The molecule has 3 rings (SSSR count). The molecule has 1 saturated carbocycles. The molecule has 1 atom stereocenters. The smallest absolute Gasteiger partial charge is 0.249 e. The number of anilines is 1. The van der Waals surface area contributed by atoms with Crippen LogP contribution in [0.3, 0.4) is 0 Å². The zero-order chi connectivity index (χ0) is 18.0. The van der Waals surface area contributed by atoms with Gasteiger partial charge in [-0.05, 0) is 25.7 Å². The Morgan fingerprint density at radius 2 is 1.84 bits per heavy atom. The highest BCUT2D eigenvalue weighted by atomic mass is 32.1. The van der Waals surface area contributed by atoms with Crippen LogP contribution in [0.2, 0.25) is 0 Å². The van der Waals surface area contributed by atoms with Crippen LogP contribution in [-0.2, 0) is 9.59 Å². The predicted molar refractivity (Wildman–Crippen MR) is 98.2 cm³/mol. The van der Waals surface area contributed by atoms with Crippen LogP contribution in [0.25, 0.3) is 10.6 Å². The lowest BCUT2D eigenvalue weighted by Crippen LogP contribution is -2.47. The minimum absolute atomic E-state index is 0.00723. The largest absolute Gasteiger partial charge is 0.344 e. The number of hydrogen-bond acceptors (Lipinski definition) is 5. The van der Waals surface area contributed by atoms with Gasteiger partial charge in [-0.25, -0.2) is 0 Å². The summed E-state index contributed by atoms with van der Waals surface area (Å²) in [5, 5.41) is 15.0. The normalized spacial score (nSPS) is 15.0. The van der Waals surface area contributed by atoms with E-state index in [-0.39, 0.29) is 23.7 Å². The Hall–Kier alpha value is -2.28. The Kier molecular flexibility index (Phi) is 5.13. The Balaban J connectivity index is 1.66. The summed E-state index contributed by atoms with van der Waals surface area (Å²) in [5.41, 5.74) is 2.14. The summed E-state index contributed by atoms with van der Waals surface area (Å²) in [6.07, 6.45) is 1.82. The number of nitrogens with zero attached hydrogens (tertiary/aromatic N) is 2. The topological polar surface area (TPSA) is 84.0 Å². The molecule has 0 aliphatic heterocycles. The van der Waals surface area contributed by atoms with E-state index in [0.717, 1.165) is 23.4 Å². The molecule has 1 heterocycles. The van der Waals surface area contributed by atoms with Crippen LogP contribution in [0.5, 0.6) is 0 Å². The molecular formula is C18H22N4O2S. The molecular weight excluding hydrogens is 336 g/mol. The van der Waals surface area contributed by atoms with Crippen molar-refractivity contribution in [2.45, 2.75) is 39.7 Å². The Labute approximate surface area is 151 Å². The van der Waals surface area contributed by atoms with Crippen LogP contribution < -0.4 is 10.6 Å². The molecule has 132 valence electrons. The van der Waals surface area contributed by atoms with Crippen LogP contribution in [-0.4, -0.2) is 28.1 Å². The fourth-order valence-corrected chi connectivity index (χ4v) is 3.17. The summed E-state index contributed by atoms with van der Waals surface area (Å²) in [7, 11) is 0. The number of benzene rings is 1. The first-order valence-electron chi connectivity index (χ1n) is 8.46. The molecule has 2 aromatic rings. The van der Waals surface area contributed by atoms with Gasteiger partial charge in [0.25, 0.3) is 0 Å². The van der Waals surface area contributed by atoms with Crippen molar-refractivity contribution in [1.82, 2.24) is 15.5 Å². The molecule has 2 amide bonds. The summed E-state index contributed by atoms with van der Waals surface area (Å²) in [5.74, 6) is -0.224. The number of aryl methyl sites for hydroxylation is 1. The van der Waals surface area contributed by atoms with Gasteiger partial charge in [-0.3, -0.25) is 14.9 Å². The summed E-state index contributed by atoms with van der Waals surface area (Å²) in [6, 6.07) is 7.41. The SMILES string of the molecule is Cc1ccc(-c2nnc(NC(=O)C(NC(=O)C3CC3)C(C)C)s2)cc1. The molecule has 1 unspecified atom stereocenters.